The maximum absolute atomic E-state index is 11.8. The summed E-state index contributed by atoms with van der Waals surface area (Å²) in [7, 11) is -1.99. The molecule has 0 unspecified atom stereocenters. The zero-order chi connectivity index (χ0) is 12.5. The molecule has 94 valence electrons. The second-order valence-corrected chi connectivity index (χ2v) is 6.84. The second kappa shape index (κ2) is 5.06. The summed E-state index contributed by atoms with van der Waals surface area (Å²) < 4.78 is 26.4. The van der Waals surface area contributed by atoms with Crippen LogP contribution < -0.4 is 10.0 Å². The standard InChI is InChI=1S/C11H15BrN2O2S/c1-13-17(15,16)11-6-8(2-5-10(11)12)7-14-9-3-4-9/h2,5-6,9,13-14H,3-4,7H2,1H3. The molecule has 0 aromatic heterocycles. The Labute approximate surface area is 110 Å². The molecule has 1 fully saturated rings. The molecule has 2 N–H and O–H groups in total. The summed E-state index contributed by atoms with van der Waals surface area (Å²) in [6, 6.07) is 6.01. The molecular weight excluding hydrogens is 304 g/mol. The lowest BCUT2D eigenvalue weighted by Gasteiger charge is -2.08. The van der Waals surface area contributed by atoms with Crippen molar-refractivity contribution in [1.82, 2.24) is 10.0 Å². The first-order valence-corrected chi connectivity index (χ1v) is 7.76. The first-order valence-electron chi connectivity index (χ1n) is 5.48. The van der Waals surface area contributed by atoms with E-state index in [0.717, 1.165) is 5.56 Å². The Hall–Kier alpha value is -0.430. The van der Waals surface area contributed by atoms with Gasteiger partial charge in [-0.3, -0.25) is 0 Å². The van der Waals surface area contributed by atoms with Crippen LogP contribution in [0.1, 0.15) is 18.4 Å². The molecule has 0 aliphatic heterocycles. The van der Waals surface area contributed by atoms with E-state index in [4.69, 9.17) is 0 Å². The van der Waals surface area contributed by atoms with Crippen LogP contribution in [0.3, 0.4) is 0 Å². The first kappa shape index (κ1) is 13.0. The monoisotopic (exact) mass is 318 g/mol. The maximum Gasteiger partial charge on any atom is 0.241 e. The van der Waals surface area contributed by atoms with Crippen molar-refractivity contribution in [2.75, 3.05) is 7.05 Å². The van der Waals surface area contributed by atoms with Gasteiger partial charge in [0, 0.05) is 17.1 Å². The highest BCUT2D eigenvalue weighted by Gasteiger charge is 2.21. The highest BCUT2D eigenvalue weighted by molar-refractivity contribution is 9.10. The summed E-state index contributed by atoms with van der Waals surface area (Å²) in [6.45, 7) is 0.712. The van der Waals surface area contributed by atoms with E-state index < -0.39 is 10.0 Å². The van der Waals surface area contributed by atoms with Gasteiger partial charge in [-0.2, -0.15) is 0 Å². The largest absolute Gasteiger partial charge is 0.310 e. The SMILES string of the molecule is CNS(=O)(=O)c1cc(CNC2CC2)ccc1Br. The van der Waals surface area contributed by atoms with Gasteiger partial charge in [-0.1, -0.05) is 6.07 Å². The lowest BCUT2D eigenvalue weighted by atomic mass is 10.2. The van der Waals surface area contributed by atoms with E-state index in [2.05, 4.69) is 26.0 Å². The lowest BCUT2D eigenvalue weighted by Crippen LogP contribution is -2.20. The van der Waals surface area contributed by atoms with Gasteiger partial charge < -0.3 is 5.32 Å². The van der Waals surface area contributed by atoms with E-state index >= 15 is 0 Å². The molecule has 2 rings (SSSR count). The van der Waals surface area contributed by atoms with Gasteiger partial charge >= 0.3 is 0 Å². The van der Waals surface area contributed by atoms with Crippen molar-refractivity contribution in [3.05, 3.63) is 28.2 Å². The lowest BCUT2D eigenvalue weighted by molar-refractivity contribution is 0.587. The molecule has 1 aliphatic rings. The number of sulfonamides is 1. The Kier molecular flexibility index (Phi) is 3.87. The van der Waals surface area contributed by atoms with Crippen LogP contribution in [0.15, 0.2) is 27.6 Å². The molecule has 4 nitrogen and oxygen atoms in total. The minimum Gasteiger partial charge on any atom is -0.310 e. The van der Waals surface area contributed by atoms with Gasteiger partial charge in [-0.05, 0) is 53.5 Å². The van der Waals surface area contributed by atoms with Crippen LogP contribution in [-0.2, 0) is 16.6 Å². The fraction of sp³-hybridized carbons (Fsp3) is 0.455. The number of rotatable bonds is 5. The molecule has 6 heteroatoms. The van der Waals surface area contributed by atoms with E-state index in [1.807, 2.05) is 6.07 Å². The number of halogens is 1. The van der Waals surface area contributed by atoms with Crippen LogP contribution in [0.4, 0.5) is 0 Å². The minimum absolute atomic E-state index is 0.287. The van der Waals surface area contributed by atoms with E-state index in [1.54, 1.807) is 12.1 Å². The highest BCUT2D eigenvalue weighted by Crippen LogP contribution is 2.24. The zero-order valence-electron chi connectivity index (χ0n) is 9.53. The van der Waals surface area contributed by atoms with Crippen molar-refractivity contribution in [2.45, 2.75) is 30.3 Å². The van der Waals surface area contributed by atoms with Crippen LogP contribution in [0.25, 0.3) is 0 Å². The summed E-state index contributed by atoms with van der Waals surface area (Å²) in [6.07, 6.45) is 2.44. The fourth-order valence-electron chi connectivity index (χ4n) is 1.52. The fourth-order valence-corrected chi connectivity index (χ4v) is 3.26. The average Bonchev–Trinajstić information content (AvgIpc) is 3.11. The molecule has 0 amide bonds. The van der Waals surface area contributed by atoms with E-state index in [9.17, 15) is 8.42 Å². The summed E-state index contributed by atoms with van der Waals surface area (Å²) in [5.41, 5.74) is 0.980. The zero-order valence-corrected chi connectivity index (χ0v) is 11.9. The third-order valence-electron chi connectivity index (χ3n) is 2.73. The summed E-state index contributed by atoms with van der Waals surface area (Å²) in [5.74, 6) is 0. The van der Waals surface area contributed by atoms with E-state index in [0.29, 0.717) is 17.1 Å². The molecule has 0 atom stereocenters. The molecule has 0 radical (unpaired) electrons. The van der Waals surface area contributed by atoms with Gasteiger partial charge in [0.15, 0.2) is 0 Å². The molecule has 0 saturated heterocycles. The van der Waals surface area contributed by atoms with Gasteiger partial charge in [-0.15, -0.1) is 0 Å². The van der Waals surface area contributed by atoms with Crippen LogP contribution in [0.5, 0.6) is 0 Å². The molecule has 1 aliphatic carbocycles. The van der Waals surface area contributed by atoms with Crippen molar-refractivity contribution < 1.29 is 8.42 Å². The van der Waals surface area contributed by atoms with Gasteiger partial charge in [-0.25, -0.2) is 13.1 Å². The molecule has 1 aromatic rings. The number of nitrogens with one attached hydrogen (secondary N) is 2. The third-order valence-corrected chi connectivity index (χ3v) is 5.13. The molecule has 0 spiro atoms. The summed E-state index contributed by atoms with van der Waals surface area (Å²) >= 11 is 3.26. The van der Waals surface area contributed by atoms with Crippen molar-refractivity contribution >= 4 is 26.0 Å². The first-order chi connectivity index (χ1) is 8.03. The molecule has 1 saturated carbocycles. The highest BCUT2D eigenvalue weighted by atomic mass is 79.9. The van der Waals surface area contributed by atoms with Crippen molar-refractivity contribution in [3.63, 3.8) is 0 Å². The molecular formula is C11H15BrN2O2S. The van der Waals surface area contributed by atoms with Crippen molar-refractivity contribution in [1.29, 1.82) is 0 Å². The van der Waals surface area contributed by atoms with Crippen LogP contribution in [0, 0.1) is 0 Å². The molecule has 0 bridgehead atoms. The average molecular weight is 319 g/mol. The molecule has 17 heavy (non-hydrogen) atoms. The van der Waals surface area contributed by atoms with Gasteiger partial charge in [0.25, 0.3) is 0 Å². The summed E-state index contributed by atoms with van der Waals surface area (Å²) in [5, 5.41) is 3.36. The molecule has 0 heterocycles. The number of hydrogen-bond acceptors (Lipinski definition) is 3. The maximum atomic E-state index is 11.8. The Morgan fingerprint density at radius 2 is 2.12 bits per heavy atom. The smallest absolute Gasteiger partial charge is 0.241 e. The molecule has 1 aromatic carbocycles. The predicted molar refractivity (Wildman–Crippen MR) is 70.2 cm³/mol. The van der Waals surface area contributed by atoms with Crippen LogP contribution in [0.2, 0.25) is 0 Å². The minimum atomic E-state index is -3.40. The normalized spacial score (nSPS) is 16.1. The van der Waals surface area contributed by atoms with Crippen molar-refractivity contribution in [3.8, 4) is 0 Å². The van der Waals surface area contributed by atoms with E-state index in [1.165, 1.54) is 19.9 Å². The van der Waals surface area contributed by atoms with Gasteiger partial charge in [0.05, 0.1) is 4.90 Å². The number of hydrogen-bond donors (Lipinski definition) is 2. The second-order valence-electron chi connectivity index (χ2n) is 4.13. The topological polar surface area (TPSA) is 58.2 Å². The Morgan fingerprint density at radius 1 is 1.41 bits per heavy atom. The Balaban J connectivity index is 2.22. The van der Waals surface area contributed by atoms with Crippen LogP contribution >= 0.6 is 15.9 Å². The Morgan fingerprint density at radius 3 is 2.71 bits per heavy atom. The number of benzene rings is 1. The van der Waals surface area contributed by atoms with Gasteiger partial charge in [0.2, 0.25) is 10.0 Å². The van der Waals surface area contributed by atoms with Crippen LogP contribution in [-0.4, -0.2) is 21.5 Å². The van der Waals surface area contributed by atoms with E-state index in [-0.39, 0.29) is 4.90 Å². The van der Waals surface area contributed by atoms with Gasteiger partial charge in [0.1, 0.15) is 0 Å². The van der Waals surface area contributed by atoms with Crippen molar-refractivity contribution in [2.24, 2.45) is 0 Å². The quantitative estimate of drug-likeness (QED) is 0.867. The third kappa shape index (κ3) is 3.28. The Bertz CT molecular complexity index is 512. The summed E-state index contributed by atoms with van der Waals surface area (Å²) in [4.78, 5) is 0.287. The predicted octanol–water partition coefficient (Wildman–Crippen LogP) is 1.61.